The smallest absolute Gasteiger partial charge is 0.383 e. The summed E-state index contributed by atoms with van der Waals surface area (Å²) in [5.74, 6) is 0.719. The number of nitrogen functional groups attached to an aromatic ring is 1. The lowest BCUT2D eigenvalue weighted by Gasteiger charge is -2.22. The summed E-state index contributed by atoms with van der Waals surface area (Å²) in [6.45, 7) is 3.03. The van der Waals surface area contributed by atoms with E-state index in [4.69, 9.17) is 34.8 Å². The number of nitrogens with two attached hydrogens (primary N) is 1. The maximum absolute atomic E-state index is 12.7. The quantitative estimate of drug-likeness (QED) is 0.178. The molecule has 7 N–H and O–H groups in total. The Labute approximate surface area is 210 Å². The van der Waals surface area contributed by atoms with Crippen molar-refractivity contribution in [3.8, 4) is 0 Å². The van der Waals surface area contributed by atoms with Crippen LogP contribution in [-0.2, 0) is 25.0 Å². The fraction of sp³-hybridized carbons (Fsp3) is 0.263. The average molecular weight is 564 g/mol. The van der Waals surface area contributed by atoms with Crippen molar-refractivity contribution in [1.82, 2.24) is 14.9 Å². The fourth-order valence-corrected chi connectivity index (χ4v) is 3.78. The highest BCUT2D eigenvalue weighted by atomic mass is 32.2. The van der Waals surface area contributed by atoms with E-state index in [9.17, 15) is 14.2 Å². The standard InChI is InChI=1S/C19H23N4O6PS.H3O4P/c1-13(23(12-24)11-16-10-21-14(2)22-18(16)20)17(8-9-29-30(26,27)28)31-19(25)15-6-4-3-5-7-15;1-5(2,3)4/h3-7,10,12H,8-9,11H2,1-2H3,(H2,20,21,22)(H2,26,27,28);(H3,1,2,3,4)/b17-13-;. The van der Waals surface area contributed by atoms with Crippen LogP contribution in [0.3, 0.4) is 0 Å². The molecule has 0 saturated carbocycles. The Kier molecular flexibility index (Phi) is 12.6. The van der Waals surface area contributed by atoms with Crippen LogP contribution in [-0.4, -0.2) is 57.5 Å². The van der Waals surface area contributed by atoms with Gasteiger partial charge in [-0.3, -0.25) is 14.1 Å². The van der Waals surface area contributed by atoms with Gasteiger partial charge in [-0.15, -0.1) is 0 Å². The van der Waals surface area contributed by atoms with Gasteiger partial charge in [0, 0.05) is 34.3 Å². The average Bonchev–Trinajstić information content (AvgIpc) is 2.76. The molecule has 1 heterocycles. The second-order valence-corrected chi connectivity index (χ2v) is 10.2. The Morgan fingerprint density at radius 1 is 1.17 bits per heavy atom. The molecule has 0 aliphatic rings. The first-order valence-electron chi connectivity index (χ1n) is 9.86. The number of aromatic nitrogens is 2. The molecule has 36 heavy (non-hydrogen) atoms. The van der Waals surface area contributed by atoms with Crippen molar-refractivity contribution < 1.29 is 47.7 Å². The lowest BCUT2D eigenvalue weighted by molar-refractivity contribution is -0.116. The van der Waals surface area contributed by atoms with Crippen LogP contribution in [0.4, 0.5) is 5.82 Å². The van der Waals surface area contributed by atoms with Gasteiger partial charge in [-0.2, -0.15) is 0 Å². The fourth-order valence-electron chi connectivity index (χ4n) is 2.52. The van der Waals surface area contributed by atoms with Crippen molar-refractivity contribution in [2.45, 2.75) is 26.8 Å². The molecule has 1 aromatic carbocycles. The number of phosphoric ester groups is 1. The zero-order valence-corrected chi connectivity index (χ0v) is 21.8. The SMILES string of the molecule is C/C(=C(\CCOP(=O)(O)O)SC(=O)c1ccccc1)N(C=O)Cc1cnc(C)nc1N.O=P(O)(O)O. The molecule has 14 nitrogen and oxygen atoms in total. The monoisotopic (exact) mass is 564 g/mol. The number of anilines is 1. The minimum atomic E-state index is -4.67. The van der Waals surface area contributed by atoms with Crippen LogP contribution in [0.2, 0.25) is 0 Å². The molecule has 0 atom stereocenters. The van der Waals surface area contributed by atoms with Gasteiger partial charge < -0.3 is 35.1 Å². The Hall–Kier alpha value is -2.45. The van der Waals surface area contributed by atoms with E-state index in [0.29, 0.717) is 34.0 Å². The predicted octanol–water partition coefficient (Wildman–Crippen LogP) is 1.70. The van der Waals surface area contributed by atoms with Crippen molar-refractivity contribution in [2.75, 3.05) is 12.3 Å². The van der Waals surface area contributed by atoms with Crippen LogP contribution in [0.25, 0.3) is 0 Å². The number of rotatable bonds is 10. The van der Waals surface area contributed by atoms with Crippen molar-refractivity contribution >= 4 is 44.8 Å². The summed E-state index contributed by atoms with van der Waals surface area (Å²) in [6, 6.07) is 8.52. The number of carbonyl (C=O) groups is 2. The highest BCUT2D eigenvalue weighted by Gasteiger charge is 2.20. The Bertz CT molecular complexity index is 1160. The third-order valence-corrected chi connectivity index (χ3v) is 5.82. The van der Waals surface area contributed by atoms with E-state index in [1.54, 1.807) is 44.2 Å². The topological polar surface area (TPSA) is 234 Å². The van der Waals surface area contributed by atoms with Gasteiger partial charge in [-0.05, 0) is 25.6 Å². The summed E-state index contributed by atoms with van der Waals surface area (Å²) in [7, 11) is -9.31. The summed E-state index contributed by atoms with van der Waals surface area (Å²) in [6.07, 6.45) is 2.09. The number of allylic oxidation sites excluding steroid dienone is 1. The molecular weight excluding hydrogens is 538 g/mol. The molecule has 0 spiro atoms. The summed E-state index contributed by atoms with van der Waals surface area (Å²) >= 11 is 0.862. The molecule has 0 bridgehead atoms. The van der Waals surface area contributed by atoms with E-state index < -0.39 is 15.6 Å². The number of thioether (sulfide) groups is 1. The molecule has 2 aromatic rings. The number of amides is 1. The number of carbonyl (C=O) groups excluding carboxylic acids is 2. The van der Waals surface area contributed by atoms with E-state index in [-0.39, 0.29) is 30.5 Å². The number of hydrogen-bond donors (Lipinski definition) is 6. The molecule has 198 valence electrons. The first kappa shape index (κ1) is 31.6. The van der Waals surface area contributed by atoms with E-state index in [2.05, 4.69) is 14.5 Å². The maximum atomic E-state index is 12.7. The lowest BCUT2D eigenvalue weighted by Crippen LogP contribution is -2.22. The Balaban J connectivity index is 0.00000118. The molecule has 0 unspecified atom stereocenters. The number of nitrogens with zero attached hydrogens (tertiary/aromatic N) is 3. The number of hydrogen-bond acceptors (Lipinski definition) is 9. The van der Waals surface area contributed by atoms with Gasteiger partial charge in [0.25, 0.3) is 0 Å². The molecule has 2 rings (SSSR count). The van der Waals surface area contributed by atoms with Gasteiger partial charge in [0.1, 0.15) is 11.6 Å². The molecule has 0 aliphatic carbocycles. The molecule has 0 saturated heterocycles. The summed E-state index contributed by atoms with van der Waals surface area (Å²) in [5.41, 5.74) is 7.29. The van der Waals surface area contributed by atoms with E-state index in [0.717, 1.165) is 11.8 Å². The zero-order valence-electron chi connectivity index (χ0n) is 19.2. The third kappa shape index (κ3) is 13.0. The molecule has 1 amide bonds. The van der Waals surface area contributed by atoms with Crippen molar-refractivity contribution in [3.63, 3.8) is 0 Å². The van der Waals surface area contributed by atoms with E-state index in [1.807, 2.05) is 0 Å². The molecular formula is C19H26N4O10P2S. The molecule has 1 aromatic heterocycles. The van der Waals surface area contributed by atoms with Crippen LogP contribution < -0.4 is 5.73 Å². The minimum Gasteiger partial charge on any atom is -0.383 e. The van der Waals surface area contributed by atoms with Gasteiger partial charge in [0.15, 0.2) is 0 Å². The van der Waals surface area contributed by atoms with Gasteiger partial charge in [0.2, 0.25) is 11.5 Å². The first-order valence-corrected chi connectivity index (χ1v) is 13.8. The highest BCUT2D eigenvalue weighted by molar-refractivity contribution is 8.17. The molecule has 0 aliphatic heterocycles. The summed E-state index contributed by atoms with van der Waals surface area (Å²) < 4.78 is 24.4. The van der Waals surface area contributed by atoms with Crippen LogP contribution in [0.15, 0.2) is 47.1 Å². The molecule has 0 radical (unpaired) electrons. The maximum Gasteiger partial charge on any atom is 0.469 e. The van der Waals surface area contributed by atoms with Crippen molar-refractivity contribution in [2.24, 2.45) is 0 Å². The van der Waals surface area contributed by atoms with Crippen LogP contribution >= 0.6 is 27.4 Å². The summed E-state index contributed by atoms with van der Waals surface area (Å²) in [4.78, 5) is 73.8. The third-order valence-electron chi connectivity index (χ3n) is 4.13. The van der Waals surface area contributed by atoms with Crippen LogP contribution in [0, 0.1) is 6.92 Å². The Morgan fingerprint density at radius 2 is 1.75 bits per heavy atom. The largest absolute Gasteiger partial charge is 0.469 e. The number of phosphoric acid groups is 2. The van der Waals surface area contributed by atoms with Gasteiger partial charge in [-0.25, -0.2) is 19.1 Å². The summed E-state index contributed by atoms with van der Waals surface area (Å²) in [5, 5.41) is -0.282. The highest BCUT2D eigenvalue weighted by Crippen LogP contribution is 2.37. The second-order valence-electron chi connectivity index (χ2n) is 6.91. The van der Waals surface area contributed by atoms with Gasteiger partial charge in [0.05, 0.1) is 13.2 Å². The molecule has 17 heteroatoms. The second kappa shape index (κ2) is 14.3. The van der Waals surface area contributed by atoms with E-state index >= 15 is 0 Å². The minimum absolute atomic E-state index is 0.00437. The van der Waals surface area contributed by atoms with Gasteiger partial charge in [-0.1, -0.05) is 30.3 Å². The van der Waals surface area contributed by atoms with Gasteiger partial charge >= 0.3 is 15.6 Å². The van der Waals surface area contributed by atoms with Crippen LogP contribution in [0.5, 0.6) is 0 Å². The van der Waals surface area contributed by atoms with Crippen molar-refractivity contribution in [1.29, 1.82) is 0 Å². The Morgan fingerprint density at radius 3 is 2.25 bits per heavy atom. The van der Waals surface area contributed by atoms with Crippen LogP contribution in [0.1, 0.15) is 35.1 Å². The lowest BCUT2D eigenvalue weighted by atomic mass is 10.2. The zero-order chi connectivity index (χ0) is 27.5. The normalized spacial score (nSPS) is 12.2. The number of benzene rings is 1. The predicted molar refractivity (Wildman–Crippen MR) is 131 cm³/mol. The van der Waals surface area contributed by atoms with E-state index in [1.165, 1.54) is 11.1 Å². The molecule has 0 fully saturated rings. The number of aryl methyl sites for hydroxylation is 1. The van der Waals surface area contributed by atoms with Crippen molar-refractivity contribution in [3.05, 3.63) is 64.1 Å². The first-order chi connectivity index (χ1) is 16.6.